The molecular weight excluding hydrogens is 529 g/mol. The van der Waals surface area contributed by atoms with Crippen LogP contribution in [-0.2, 0) is 22.8 Å². The number of alkyl halides is 3. The van der Waals surface area contributed by atoms with Crippen molar-refractivity contribution >= 4 is 32.6 Å². The molecule has 0 aromatic heterocycles. The molecule has 4 aromatic rings. The monoisotopic (exact) mass is 556 g/mol. The number of anilines is 1. The van der Waals surface area contributed by atoms with Crippen LogP contribution in [0.1, 0.15) is 31.4 Å². The van der Waals surface area contributed by atoms with Crippen molar-refractivity contribution in [2.75, 3.05) is 5.32 Å². The van der Waals surface area contributed by atoms with E-state index in [4.69, 9.17) is 4.18 Å². The number of rotatable bonds is 8. The van der Waals surface area contributed by atoms with Crippen LogP contribution in [0.25, 0.3) is 10.8 Å². The van der Waals surface area contributed by atoms with Crippen LogP contribution in [0.3, 0.4) is 0 Å². The number of amides is 2. The third kappa shape index (κ3) is 6.69. The van der Waals surface area contributed by atoms with E-state index in [0.29, 0.717) is 23.7 Å². The highest BCUT2D eigenvalue weighted by molar-refractivity contribution is 7.87. The van der Waals surface area contributed by atoms with Crippen molar-refractivity contribution in [3.8, 4) is 5.75 Å². The van der Waals surface area contributed by atoms with Crippen molar-refractivity contribution in [3.63, 3.8) is 0 Å². The number of carbonyl (C=O) groups is 1. The van der Waals surface area contributed by atoms with Crippen LogP contribution >= 0.6 is 0 Å². The molecule has 39 heavy (non-hydrogen) atoms. The first-order valence-corrected chi connectivity index (χ1v) is 13.6. The Balaban J connectivity index is 1.49. The molecule has 1 unspecified atom stereocenters. The van der Waals surface area contributed by atoms with Gasteiger partial charge in [-0.1, -0.05) is 61.5 Å². The first-order chi connectivity index (χ1) is 18.5. The van der Waals surface area contributed by atoms with E-state index in [2.05, 4.69) is 5.32 Å². The summed E-state index contributed by atoms with van der Waals surface area (Å²) in [6.45, 7) is 4.15. The summed E-state index contributed by atoms with van der Waals surface area (Å²) < 4.78 is 69.2. The highest BCUT2D eigenvalue weighted by Crippen LogP contribution is 2.31. The number of fused-ring (bicyclic) bond motifs is 1. The Hall–Kier alpha value is -4.05. The number of hydrogen-bond acceptors (Lipinski definition) is 4. The fraction of sp³-hybridized carbons (Fsp3) is 0.207. The average molecular weight is 557 g/mol. The maximum atomic E-state index is 13.3. The summed E-state index contributed by atoms with van der Waals surface area (Å²) in [6.07, 6.45) is -3.98. The molecule has 0 fully saturated rings. The fourth-order valence-corrected chi connectivity index (χ4v) is 5.00. The van der Waals surface area contributed by atoms with Crippen LogP contribution in [-0.4, -0.2) is 25.4 Å². The largest absolute Gasteiger partial charge is 0.416 e. The van der Waals surface area contributed by atoms with Gasteiger partial charge >= 0.3 is 22.3 Å². The lowest BCUT2D eigenvalue weighted by atomic mass is 10.1. The van der Waals surface area contributed by atoms with Crippen LogP contribution in [0.15, 0.2) is 95.9 Å². The minimum atomic E-state index is -4.69. The molecule has 204 valence electrons. The maximum Gasteiger partial charge on any atom is 0.416 e. The molecule has 2 amide bonds. The van der Waals surface area contributed by atoms with Gasteiger partial charge in [0.25, 0.3) is 0 Å². The van der Waals surface area contributed by atoms with Gasteiger partial charge < -0.3 is 14.4 Å². The highest BCUT2D eigenvalue weighted by Gasteiger charge is 2.32. The predicted molar refractivity (Wildman–Crippen MR) is 144 cm³/mol. The maximum absolute atomic E-state index is 13.3. The van der Waals surface area contributed by atoms with Gasteiger partial charge in [0.2, 0.25) is 0 Å². The zero-order chi connectivity index (χ0) is 28.2. The third-order valence-electron chi connectivity index (χ3n) is 6.35. The van der Waals surface area contributed by atoms with Crippen LogP contribution in [0, 0.1) is 0 Å². The minimum Gasteiger partial charge on any atom is -0.379 e. The summed E-state index contributed by atoms with van der Waals surface area (Å²) in [4.78, 5) is 14.4. The van der Waals surface area contributed by atoms with Crippen LogP contribution < -0.4 is 9.50 Å². The van der Waals surface area contributed by atoms with E-state index in [1.54, 1.807) is 17.0 Å². The Morgan fingerprint density at radius 2 is 1.62 bits per heavy atom. The van der Waals surface area contributed by atoms with Crippen LogP contribution in [0.4, 0.5) is 23.7 Å². The van der Waals surface area contributed by atoms with Gasteiger partial charge in [-0.25, -0.2) is 4.79 Å². The molecule has 1 N–H and O–H groups in total. The molecule has 4 aromatic carbocycles. The summed E-state index contributed by atoms with van der Waals surface area (Å²) in [6, 6.07) is 22.4. The molecule has 0 spiro atoms. The molecule has 0 saturated carbocycles. The van der Waals surface area contributed by atoms with E-state index in [-0.39, 0.29) is 24.4 Å². The van der Waals surface area contributed by atoms with Gasteiger partial charge in [0.15, 0.2) is 0 Å². The zero-order valence-corrected chi connectivity index (χ0v) is 22.1. The van der Waals surface area contributed by atoms with Gasteiger partial charge in [0, 0.05) is 18.0 Å². The van der Waals surface area contributed by atoms with Gasteiger partial charge in [-0.3, -0.25) is 0 Å². The predicted octanol–water partition coefficient (Wildman–Crippen LogP) is 7.46. The molecule has 0 aliphatic heterocycles. The molecule has 10 heteroatoms. The Morgan fingerprint density at radius 3 is 2.31 bits per heavy atom. The molecule has 4 rings (SSSR count). The second-order valence-electron chi connectivity index (χ2n) is 9.05. The quantitative estimate of drug-likeness (QED) is 0.229. The molecule has 0 heterocycles. The van der Waals surface area contributed by atoms with Crippen molar-refractivity contribution in [1.29, 1.82) is 0 Å². The van der Waals surface area contributed by atoms with E-state index >= 15 is 0 Å². The smallest absolute Gasteiger partial charge is 0.379 e. The zero-order valence-electron chi connectivity index (χ0n) is 21.3. The van der Waals surface area contributed by atoms with Crippen molar-refractivity contribution in [1.82, 2.24) is 4.90 Å². The molecule has 0 aliphatic carbocycles. The Kier molecular flexibility index (Phi) is 8.15. The molecular formula is C29H27F3N2O4S. The van der Waals surface area contributed by atoms with Gasteiger partial charge in [0.1, 0.15) is 10.6 Å². The van der Waals surface area contributed by atoms with Crippen molar-refractivity contribution in [3.05, 3.63) is 102 Å². The summed E-state index contributed by atoms with van der Waals surface area (Å²) in [5.74, 6) is -0.0635. The van der Waals surface area contributed by atoms with Gasteiger partial charge in [-0.15, -0.1) is 0 Å². The lowest BCUT2D eigenvalue weighted by Gasteiger charge is -2.29. The molecule has 0 aliphatic rings. The normalized spacial score (nSPS) is 12.6. The highest BCUT2D eigenvalue weighted by atomic mass is 32.2. The van der Waals surface area contributed by atoms with E-state index in [0.717, 1.165) is 29.0 Å². The summed E-state index contributed by atoms with van der Waals surface area (Å²) in [5, 5.41) is 4.92. The Morgan fingerprint density at radius 1 is 0.949 bits per heavy atom. The van der Waals surface area contributed by atoms with Crippen molar-refractivity contribution in [2.45, 2.75) is 43.9 Å². The minimum absolute atomic E-state index is 0.0635. The van der Waals surface area contributed by atoms with Crippen LogP contribution in [0.5, 0.6) is 5.75 Å². The molecule has 6 nitrogen and oxygen atoms in total. The third-order valence-corrected chi connectivity index (χ3v) is 7.59. The summed E-state index contributed by atoms with van der Waals surface area (Å²) >= 11 is 0. The summed E-state index contributed by atoms with van der Waals surface area (Å²) in [7, 11) is -4.49. The average Bonchev–Trinajstić information content (AvgIpc) is 2.92. The Labute approximate surface area is 225 Å². The fourth-order valence-electron chi connectivity index (χ4n) is 4.02. The number of urea groups is 1. The Bertz CT molecular complexity index is 1570. The van der Waals surface area contributed by atoms with Gasteiger partial charge in [-0.05, 0) is 60.7 Å². The second-order valence-corrected chi connectivity index (χ2v) is 10.6. The van der Waals surface area contributed by atoms with Crippen molar-refractivity contribution in [2.24, 2.45) is 0 Å². The van der Waals surface area contributed by atoms with Crippen molar-refractivity contribution < 1.29 is 30.6 Å². The van der Waals surface area contributed by atoms with E-state index < -0.39 is 26.8 Å². The first-order valence-electron chi connectivity index (χ1n) is 12.2. The molecule has 1 atom stereocenters. The molecule has 0 saturated heterocycles. The SMILES string of the molecule is CCC(C)N(Cc1ccc(OS(=O)(=O)c2cccc(C(F)(F)F)c2)cc1)C(=O)Nc1cccc2ccccc12. The van der Waals surface area contributed by atoms with Crippen LogP contribution in [0.2, 0.25) is 0 Å². The standard InChI is InChI=1S/C29H27F3N2O4S/c1-3-20(2)34(28(35)33-27-13-6-9-22-8-4-5-12-26(22)27)19-21-14-16-24(17-15-21)38-39(36,37)25-11-7-10-23(18-25)29(30,31)32/h4-18,20H,3,19H2,1-2H3,(H,33,35). The number of halogens is 3. The number of nitrogens with zero attached hydrogens (tertiary/aromatic N) is 1. The van der Waals surface area contributed by atoms with E-state index in [1.807, 2.05) is 56.3 Å². The number of benzene rings is 4. The van der Waals surface area contributed by atoms with E-state index in [9.17, 15) is 26.4 Å². The van der Waals surface area contributed by atoms with Gasteiger partial charge in [-0.2, -0.15) is 21.6 Å². The topological polar surface area (TPSA) is 75.7 Å². The number of nitrogens with one attached hydrogen (secondary N) is 1. The number of hydrogen-bond donors (Lipinski definition) is 1. The molecule has 0 bridgehead atoms. The van der Waals surface area contributed by atoms with Gasteiger partial charge in [0.05, 0.1) is 11.3 Å². The molecule has 0 radical (unpaired) electrons. The first kappa shape index (κ1) is 28.0. The second kappa shape index (κ2) is 11.4. The van der Waals surface area contributed by atoms with E-state index in [1.165, 1.54) is 12.1 Å². The lowest BCUT2D eigenvalue weighted by Crippen LogP contribution is -2.40. The summed E-state index contributed by atoms with van der Waals surface area (Å²) in [5.41, 5.74) is 0.316. The number of carbonyl (C=O) groups excluding carboxylic acids is 1. The lowest BCUT2D eigenvalue weighted by molar-refractivity contribution is -0.137.